The number of rotatable bonds is 3. The van der Waals surface area contributed by atoms with Crippen LogP contribution in [0.1, 0.15) is 40.1 Å². The largest absolute Gasteiger partial charge is 0.459 e. The summed E-state index contributed by atoms with van der Waals surface area (Å²) in [6.45, 7) is 6.87. The van der Waals surface area contributed by atoms with Crippen molar-refractivity contribution in [3.05, 3.63) is 71.0 Å². The monoisotopic (exact) mass is 388 g/mol. The van der Waals surface area contributed by atoms with Crippen LogP contribution < -0.4 is 0 Å². The van der Waals surface area contributed by atoms with Crippen LogP contribution in [-0.4, -0.2) is 41.9 Å². The van der Waals surface area contributed by atoms with E-state index in [0.29, 0.717) is 5.92 Å². The maximum atomic E-state index is 12.8. The van der Waals surface area contributed by atoms with E-state index in [1.54, 1.807) is 0 Å². The molecule has 3 heterocycles. The lowest BCUT2D eigenvalue weighted by atomic mass is 9.94. The van der Waals surface area contributed by atoms with E-state index < -0.39 is 0 Å². The van der Waals surface area contributed by atoms with Crippen LogP contribution in [-0.2, 0) is 13.0 Å². The zero-order valence-electron chi connectivity index (χ0n) is 17.1. The number of para-hydroxylation sites is 1. The Labute approximate surface area is 172 Å². The molecule has 0 saturated carbocycles. The Balaban J connectivity index is 1.18. The fraction of sp³-hybridized carbons (Fsp3) is 0.400. The number of carbonyl (C=O) groups is 1. The lowest BCUT2D eigenvalue weighted by molar-refractivity contribution is 0.0660. The average Bonchev–Trinajstić information content (AvgIpc) is 3.11. The lowest BCUT2D eigenvalue weighted by Crippen LogP contribution is -2.42. The van der Waals surface area contributed by atoms with Gasteiger partial charge in [0.15, 0.2) is 0 Å². The van der Waals surface area contributed by atoms with E-state index in [0.717, 1.165) is 74.5 Å². The minimum Gasteiger partial charge on any atom is -0.459 e. The van der Waals surface area contributed by atoms with Gasteiger partial charge in [0.1, 0.15) is 11.3 Å². The van der Waals surface area contributed by atoms with Gasteiger partial charge in [0.2, 0.25) is 0 Å². The number of carbonyl (C=O) groups excluding carboxylic acids is 1. The number of piperidine rings is 1. The molecule has 0 spiro atoms. The van der Waals surface area contributed by atoms with Crippen LogP contribution in [0.25, 0.3) is 11.0 Å². The van der Waals surface area contributed by atoms with E-state index in [1.807, 2.05) is 42.2 Å². The van der Waals surface area contributed by atoms with Gasteiger partial charge in [-0.25, -0.2) is 0 Å². The Kier molecular flexibility index (Phi) is 4.88. The highest BCUT2D eigenvalue weighted by Gasteiger charge is 2.28. The average molecular weight is 389 g/mol. The lowest BCUT2D eigenvalue weighted by Gasteiger charge is -2.36. The molecule has 0 bridgehead atoms. The van der Waals surface area contributed by atoms with Gasteiger partial charge in [0.05, 0.1) is 6.54 Å². The van der Waals surface area contributed by atoms with Crippen molar-refractivity contribution in [2.45, 2.75) is 32.7 Å². The highest BCUT2D eigenvalue weighted by molar-refractivity contribution is 5.94. The number of fused-ring (bicyclic) bond motifs is 3. The SMILES string of the molecule is Cc1cccc(C(=O)N2CCC(CN3CCc4c(oc5ccccc45)C3)CC2)c1. The van der Waals surface area contributed by atoms with Crippen LogP contribution in [0, 0.1) is 12.8 Å². The molecule has 5 rings (SSSR count). The molecule has 0 unspecified atom stereocenters. The Morgan fingerprint density at radius 1 is 1.07 bits per heavy atom. The van der Waals surface area contributed by atoms with Crippen molar-refractivity contribution in [1.82, 2.24) is 9.80 Å². The first-order chi connectivity index (χ1) is 14.2. The number of nitrogens with zero attached hydrogens (tertiary/aromatic N) is 2. The predicted molar refractivity (Wildman–Crippen MR) is 115 cm³/mol. The molecule has 1 aromatic heterocycles. The summed E-state index contributed by atoms with van der Waals surface area (Å²) in [6.07, 6.45) is 3.24. The Hall–Kier alpha value is -2.59. The summed E-state index contributed by atoms with van der Waals surface area (Å²) >= 11 is 0. The third-order valence-electron chi connectivity index (χ3n) is 6.51. The molecule has 2 aromatic carbocycles. The first kappa shape index (κ1) is 18.4. The van der Waals surface area contributed by atoms with E-state index in [9.17, 15) is 4.79 Å². The molecule has 1 saturated heterocycles. The molecule has 150 valence electrons. The second kappa shape index (κ2) is 7.68. The van der Waals surface area contributed by atoms with Gasteiger partial charge in [0, 0.05) is 42.7 Å². The molecule has 1 fully saturated rings. The molecule has 0 N–H and O–H groups in total. The molecule has 2 aliphatic heterocycles. The van der Waals surface area contributed by atoms with Gasteiger partial charge in [0.25, 0.3) is 5.91 Å². The Morgan fingerprint density at radius 3 is 2.72 bits per heavy atom. The van der Waals surface area contributed by atoms with Crippen LogP contribution in [0.5, 0.6) is 0 Å². The molecule has 4 nitrogen and oxygen atoms in total. The molecular weight excluding hydrogens is 360 g/mol. The summed E-state index contributed by atoms with van der Waals surface area (Å²) in [5.74, 6) is 1.98. The van der Waals surface area contributed by atoms with Gasteiger partial charge >= 0.3 is 0 Å². The molecule has 0 radical (unpaired) electrons. The van der Waals surface area contributed by atoms with Crippen LogP contribution in [0.15, 0.2) is 52.9 Å². The zero-order valence-corrected chi connectivity index (χ0v) is 17.1. The van der Waals surface area contributed by atoms with E-state index >= 15 is 0 Å². The van der Waals surface area contributed by atoms with Crippen molar-refractivity contribution in [2.24, 2.45) is 5.92 Å². The summed E-state index contributed by atoms with van der Waals surface area (Å²) in [6, 6.07) is 16.3. The van der Waals surface area contributed by atoms with Crippen molar-refractivity contribution in [3.8, 4) is 0 Å². The van der Waals surface area contributed by atoms with Crippen LogP contribution in [0.2, 0.25) is 0 Å². The zero-order chi connectivity index (χ0) is 19.8. The normalized spacial score (nSPS) is 18.2. The van der Waals surface area contributed by atoms with Crippen LogP contribution in [0.3, 0.4) is 0 Å². The van der Waals surface area contributed by atoms with E-state index in [4.69, 9.17) is 4.42 Å². The van der Waals surface area contributed by atoms with Crippen molar-refractivity contribution >= 4 is 16.9 Å². The summed E-state index contributed by atoms with van der Waals surface area (Å²) in [5.41, 5.74) is 4.37. The Bertz CT molecular complexity index is 1030. The fourth-order valence-electron chi connectivity index (χ4n) is 4.90. The summed E-state index contributed by atoms with van der Waals surface area (Å²) in [4.78, 5) is 17.3. The van der Waals surface area contributed by atoms with E-state index in [1.165, 1.54) is 10.9 Å². The van der Waals surface area contributed by atoms with Crippen molar-refractivity contribution in [2.75, 3.05) is 26.2 Å². The quantitative estimate of drug-likeness (QED) is 0.655. The molecule has 29 heavy (non-hydrogen) atoms. The molecule has 2 aliphatic rings. The van der Waals surface area contributed by atoms with Crippen LogP contribution in [0.4, 0.5) is 0 Å². The highest BCUT2D eigenvalue weighted by atomic mass is 16.3. The minimum absolute atomic E-state index is 0.178. The molecular formula is C25H28N2O2. The smallest absolute Gasteiger partial charge is 0.253 e. The number of furan rings is 1. The molecule has 3 aromatic rings. The number of likely N-dealkylation sites (tertiary alicyclic amines) is 1. The standard InChI is InChI=1S/C25H28N2O2/c1-18-5-4-6-20(15-18)25(28)27-13-9-19(10-14-27)16-26-12-11-22-21-7-2-3-8-23(21)29-24(22)17-26/h2-8,15,19H,9-14,16-17H2,1H3. The first-order valence-electron chi connectivity index (χ1n) is 10.7. The van der Waals surface area contributed by atoms with Crippen molar-refractivity contribution in [1.29, 1.82) is 0 Å². The molecule has 4 heteroatoms. The fourth-order valence-corrected chi connectivity index (χ4v) is 4.90. The Morgan fingerprint density at radius 2 is 1.90 bits per heavy atom. The number of amides is 1. The second-order valence-corrected chi connectivity index (χ2v) is 8.59. The second-order valence-electron chi connectivity index (χ2n) is 8.59. The van der Waals surface area contributed by atoms with E-state index in [-0.39, 0.29) is 5.91 Å². The number of aryl methyl sites for hydroxylation is 1. The molecule has 0 atom stereocenters. The van der Waals surface area contributed by atoms with Crippen molar-refractivity contribution < 1.29 is 9.21 Å². The third-order valence-corrected chi connectivity index (χ3v) is 6.51. The maximum Gasteiger partial charge on any atom is 0.253 e. The first-order valence-corrected chi connectivity index (χ1v) is 10.7. The van der Waals surface area contributed by atoms with Gasteiger partial charge in [-0.3, -0.25) is 9.69 Å². The van der Waals surface area contributed by atoms with Gasteiger partial charge in [-0.15, -0.1) is 0 Å². The number of benzene rings is 2. The van der Waals surface area contributed by atoms with Crippen LogP contribution >= 0.6 is 0 Å². The van der Waals surface area contributed by atoms with Gasteiger partial charge in [-0.2, -0.15) is 0 Å². The summed E-state index contributed by atoms with van der Waals surface area (Å²) in [5, 5.41) is 1.28. The summed E-state index contributed by atoms with van der Waals surface area (Å²) in [7, 11) is 0. The van der Waals surface area contributed by atoms with Gasteiger partial charge in [-0.1, -0.05) is 35.9 Å². The molecule has 0 aliphatic carbocycles. The van der Waals surface area contributed by atoms with Gasteiger partial charge < -0.3 is 9.32 Å². The van der Waals surface area contributed by atoms with Gasteiger partial charge in [-0.05, 0) is 50.3 Å². The van der Waals surface area contributed by atoms with E-state index in [2.05, 4.69) is 23.1 Å². The summed E-state index contributed by atoms with van der Waals surface area (Å²) < 4.78 is 6.12. The number of hydrogen-bond donors (Lipinski definition) is 0. The minimum atomic E-state index is 0.178. The molecule has 1 amide bonds. The predicted octanol–water partition coefficient (Wildman–Crippen LogP) is 4.65. The topological polar surface area (TPSA) is 36.7 Å². The van der Waals surface area contributed by atoms with Crippen molar-refractivity contribution in [3.63, 3.8) is 0 Å². The highest BCUT2D eigenvalue weighted by Crippen LogP contribution is 2.31. The maximum absolute atomic E-state index is 12.8. The third kappa shape index (κ3) is 3.69. The number of hydrogen-bond acceptors (Lipinski definition) is 3.